The lowest BCUT2D eigenvalue weighted by Gasteiger charge is -2.38. The molecule has 0 N–H and O–H groups in total. The Balaban J connectivity index is 2.57. The minimum atomic E-state index is -0.717. The summed E-state index contributed by atoms with van der Waals surface area (Å²) in [5, 5.41) is 0. The maximum atomic E-state index is 12.0. The number of hydrogen-bond acceptors (Lipinski definition) is 5. The topological polar surface area (TPSA) is 72.9 Å². The maximum absolute atomic E-state index is 12.0. The molecule has 0 aromatic rings. The van der Waals surface area contributed by atoms with E-state index in [1.165, 1.54) is 0 Å². The van der Waals surface area contributed by atoms with Crippen LogP contribution in [0.5, 0.6) is 0 Å². The van der Waals surface area contributed by atoms with Gasteiger partial charge in [0.15, 0.2) is 0 Å². The Labute approximate surface area is 125 Å². The number of aldehydes is 1. The Bertz CT molecular complexity index is 391. The average Bonchev–Trinajstić information content (AvgIpc) is 2.37. The molecule has 120 valence electrons. The molecule has 0 saturated carbocycles. The summed E-state index contributed by atoms with van der Waals surface area (Å²) in [6.45, 7) is 8.29. The van der Waals surface area contributed by atoms with Crippen molar-refractivity contribution in [2.45, 2.75) is 52.6 Å². The summed E-state index contributed by atoms with van der Waals surface area (Å²) in [5.41, 5.74) is -1.26. The smallest absolute Gasteiger partial charge is 0.410 e. The first-order valence-corrected chi connectivity index (χ1v) is 7.31. The zero-order valence-corrected chi connectivity index (χ0v) is 13.3. The van der Waals surface area contributed by atoms with Crippen LogP contribution in [0.1, 0.15) is 47.0 Å². The fourth-order valence-corrected chi connectivity index (χ4v) is 2.30. The first-order chi connectivity index (χ1) is 9.71. The molecule has 1 amide bonds. The van der Waals surface area contributed by atoms with E-state index >= 15 is 0 Å². The van der Waals surface area contributed by atoms with Crippen LogP contribution in [0.15, 0.2) is 0 Å². The van der Waals surface area contributed by atoms with E-state index in [0.29, 0.717) is 32.5 Å². The number of carbonyl (C=O) groups is 3. The number of hydrogen-bond donors (Lipinski definition) is 0. The number of piperidine rings is 1. The number of carbonyl (C=O) groups excluding carboxylic acids is 3. The Hall–Kier alpha value is -1.59. The third-order valence-corrected chi connectivity index (χ3v) is 3.46. The summed E-state index contributed by atoms with van der Waals surface area (Å²) in [5.74, 6) is -0.365. The van der Waals surface area contributed by atoms with E-state index in [9.17, 15) is 14.4 Å². The van der Waals surface area contributed by atoms with Gasteiger partial charge in [0, 0.05) is 18.5 Å². The van der Waals surface area contributed by atoms with Gasteiger partial charge in [-0.2, -0.15) is 0 Å². The van der Waals surface area contributed by atoms with E-state index in [4.69, 9.17) is 9.47 Å². The van der Waals surface area contributed by atoms with Crippen LogP contribution in [-0.2, 0) is 19.1 Å². The predicted molar refractivity (Wildman–Crippen MR) is 76.8 cm³/mol. The van der Waals surface area contributed by atoms with Crippen molar-refractivity contribution in [2.24, 2.45) is 5.41 Å². The van der Waals surface area contributed by atoms with Gasteiger partial charge in [-0.1, -0.05) is 0 Å². The molecule has 6 heteroatoms. The van der Waals surface area contributed by atoms with Crippen molar-refractivity contribution in [2.75, 3.05) is 19.7 Å². The SMILES string of the molecule is CCOC(=O)CC1(C=O)CCN(C(=O)OC(C)(C)C)CC1. The summed E-state index contributed by atoms with van der Waals surface area (Å²) >= 11 is 0. The van der Waals surface area contributed by atoms with Crippen LogP contribution in [0.3, 0.4) is 0 Å². The van der Waals surface area contributed by atoms with Crippen LogP contribution in [0, 0.1) is 5.41 Å². The van der Waals surface area contributed by atoms with Gasteiger partial charge >= 0.3 is 12.1 Å². The Morgan fingerprint density at radius 3 is 2.24 bits per heavy atom. The lowest BCUT2D eigenvalue weighted by Crippen LogP contribution is -2.46. The third kappa shape index (κ3) is 5.36. The minimum Gasteiger partial charge on any atom is -0.466 e. The number of esters is 1. The molecule has 1 aliphatic heterocycles. The molecule has 0 bridgehead atoms. The lowest BCUT2D eigenvalue weighted by atomic mass is 9.77. The molecule has 1 saturated heterocycles. The third-order valence-electron chi connectivity index (χ3n) is 3.46. The van der Waals surface area contributed by atoms with Crippen molar-refractivity contribution in [1.82, 2.24) is 4.90 Å². The number of ether oxygens (including phenoxy) is 2. The van der Waals surface area contributed by atoms with Crippen LogP contribution >= 0.6 is 0 Å². The Morgan fingerprint density at radius 2 is 1.81 bits per heavy atom. The fourth-order valence-electron chi connectivity index (χ4n) is 2.30. The predicted octanol–water partition coefficient (Wildman–Crippen LogP) is 2.16. The number of rotatable bonds is 4. The van der Waals surface area contributed by atoms with Crippen molar-refractivity contribution in [3.63, 3.8) is 0 Å². The molecular weight excluding hydrogens is 274 g/mol. The van der Waals surface area contributed by atoms with Gasteiger partial charge in [0.2, 0.25) is 0 Å². The fraction of sp³-hybridized carbons (Fsp3) is 0.800. The normalized spacial score (nSPS) is 18.0. The summed E-state index contributed by atoms with van der Waals surface area (Å²) in [4.78, 5) is 36.5. The molecule has 0 aromatic carbocycles. The van der Waals surface area contributed by atoms with Crippen LogP contribution in [0.25, 0.3) is 0 Å². The summed E-state index contributed by atoms with van der Waals surface area (Å²) in [7, 11) is 0. The highest BCUT2D eigenvalue weighted by atomic mass is 16.6. The lowest BCUT2D eigenvalue weighted by molar-refractivity contribution is -0.148. The minimum absolute atomic E-state index is 0.0759. The van der Waals surface area contributed by atoms with Crippen molar-refractivity contribution in [1.29, 1.82) is 0 Å². The van der Waals surface area contributed by atoms with E-state index in [1.807, 2.05) is 20.8 Å². The first-order valence-electron chi connectivity index (χ1n) is 7.31. The second kappa shape index (κ2) is 6.91. The van der Waals surface area contributed by atoms with Gasteiger partial charge in [0.05, 0.1) is 13.0 Å². The highest BCUT2D eigenvalue weighted by Gasteiger charge is 2.39. The molecule has 0 spiro atoms. The zero-order chi connectivity index (χ0) is 16.1. The molecule has 0 atom stereocenters. The largest absolute Gasteiger partial charge is 0.466 e. The van der Waals surface area contributed by atoms with E-state index in [-0.39, 0.29) is 18.5 Å². The van der Waals surface area contributed by atoms with Crippen LogP contribution in [0.4, 0.5) is 4.79 Å². The van der Waals surface area contributed by atoms with Gasteiger partial charge < -0.3 is 19.2 Å². The first kappa shape index (κ1) is 17.5. The molecule has 0 aliphatic carbocycles. The standard InChI is InChI=1S/C15H25NO5/c1-5-20-12(18)10-15(11-17)6-8-16(9-7-15)13(19)21-14(2,3)4/h11H,5-10H2,1-4H3. The highest BCUT2D eigenvalue weighted by molar-refractivity contribution is 5.76. The van der Waals surface area contributed by atoms with E-state index in [1.54, 1.807) is 11.8 Å². The van der Waals surface area contributed by atoms with Gasteiger partial charge in [-0.05, 0) is 40.5 Å². The molecular formula is C15H25NO5. The van der Waals surface area contributed by atoms with Gasteiger partial charge in [-0.15, -0.1) is 0 Å². The van der Waals surface area contributed by atoms with Gasteiger partial charge in [0.1, 0.15) is 11.9 Å². The van der Waals surface area contributed by atoms with Crippen molar-refractivity contribution in [3.8, 4) is 0 Å². The van der Waals surface area contributed by atoms with Crippen molar-refractivity contribution in [3.05, 3.63) is 0 Å². The van der Waals surface area contributed by atoms with E-state index in [2.05, 4.69) is 0 Å². The molecule has 0 unspecified atom stereocenters. The quantitative estimate of drug-likeness (QED) is 0.587. The molecule has 21 heavy (non-hydrogen) atoms. The second-order valence-electron chi connectivity index (χ2n) is 6.43. The average molecular weight is 299 g/mol. The molecule has 1 fully saturated rings. The van der Waals surface area contributed by atoms with Crippen LogP contribution in [0.2, 0.25) is 0 Å². The molecule has 0 radical (unpaired) electrons. The van der Waals surface area contributed by atoms with Gasteiger partial charge in [-0.25, -0.2) is 4.79 Å². The monoisotopic (exact) mass is 299 g/mol. The second-order valence-corrected chi connectivity index (χ2v) is 6.43. The Kier molecular flexibility index (Phi) is 5.75. The van der Waals surface area contributed by atoms with E-state index in [0.717, 1.165) is 6.29 Å². The molecule has 1 rings (SSSR count). The van der Waals surface area contributed by atoms with E-state index < -0.39 is 11.0 Å². The summed E-state index contributed by atoms with van der Waals surface area (Å²) < 4.78 is 10.2. The van der Waals surface area contributed by atoms with Crippen molar-refractivity contribution >= 4 is 18.3 Å². The molecule has 1 heterocycles. The number of nitrogens with zero attached hydrogens (tertiary/aromatic N) is 1. The molecule has 0 aromatic heterocycles. The van der Waals surface area contributed by atoms with Crippen molar-refractivity contribution < 1.29 is 23.9 Å². The zero-order valence-electron chi connectivity index (χ0n) is 13.3. The summed E-state index contributed by atoms with van der Waals surface area (Å²) in [6.07, 6.45) is 1.43. The van der Waals surface area contributed by atoms with Crippen LogP contribution in [-0.4, -0.2) is 48.5 Å². The molecule has 1 aliphatic rings. The number of amides is 1. The number of likely N-dealkylation sites (tertiary alicyclic amines) is 1. The van der Waals surface area contributed by atoms with Gasteiger partial charge in [-0.3, -0.25) is 4.79 Å². The maximum Gasteiger partial charge on any atom is 0.410 e. The Morgan fingerprint density at radius 1 is 1.24 bits per heavy atom. The van der Waals surface area contributed by atoms with Gasteiger partial charge in [0.25, 0.3) is 0 Å². The van der Waals surface area contributed by atoms with Crippen LogP contribution < -0.4 is 0 Å². The highest BCUT2D eigenvalue weighted by Crippen LogP contribution is 2.33. The molecule has 6 nitrogen and oxygen atoms in total. The summed E-state index contributed by atoms with van der Waals surface area (Å²) in [6, 6.07) is 0.